The molecule has 2 aliphatic rings. The standard InChI is InChI=1S/C21H30N2O5S/c1-21(2,3)28-20(25)22-11-12-23(18(15-22)16-7-5-4-6-8-16)19(24)17-9-13-29(26,27)14-10-17/h4-8,17-18H,9-15H2,1-3H3. The zero-order valence-corrected chi connectivity index (χ0v) is 18.2. The minimum atomic E-state index is -3.02. The van der Waals surface area contributed by atoms with Gasteiger partial charge in [-0.3, -0.25) is 4.79 Å². The van der Waals surface area contributed by atoms with E-state index in [4.69, 9.17) is 4.74 Å². The molecule has 7 nitrogen and oxygen atoms in total. The highest BCUT2D eigenvalue weighted by atomic mass is 32.2. The lowest BCUT2D eigenvalue weighted by molar-refractivity contribution is -0.141. The molecular formula is C21H30N2O5S. The van der Waals surface area contributed by atoms with Crippen LogP contribution >= 0.6 is 0 Å². The fourth-order valence-electron chi connectivity index (χ4n) is 3.87. The third kappa shape index (κ3) is 5.50. The predicted octanol–water partition coefficient (Wildman–Crippen LogP) is 2.63. The smallest absolute Gasteiger partial charge is 0.410 e. The van der Waals surface area contributed by atoms with Gasteiger partial charge in [-0.15, -0.1) is 0 Å². The SMILES string of the molecule is CC(C)(C)OC(=O)N1CCN(C(=O)C2CCS(=O)(=O)CC2)C(c2ccccc2)C1. The molecule has 8 heteroatoms. The van der Waals surface area contributed by atoms with Crippen LogP contribution in [-0.2, 0) is 19.4 Å². The number of piperazine rings is 1. The highest BCUT2D eigenvalue weighted by Gasteiger charge is 2.39. The Morgan fingerprint density at radius 1 is 1.03 bits per heavy atom. The number of ether oxygens (including phenoxy) is 1. The maximum absolute atomic E-state index is 13.2. The number of carbonyl (C=O) groups is 2. The lowest BCUT2D eigenvalue weighted by Crippen LogP contribution is -2.54. The summed E-state index contributed by atoms with van der Waals surface area (Å²) in [6.07, 6.45) is 0.360. The minimum Gasteiger partial charge on any atom is -0.444 e. The molecule has 2 aliphatic heterocycles. The van der Waals surface area contributed by atoms with Gasteiger partial charge >= 0.3 is 6.09 Å². The summed E-state index contributed by atoms with van der Waals surface area (Å²) in [6.45, 7) is 6.65. The molecule has 29 heavy (non-hydrogen) atoms. The van der Waals surface area contributed by atoms with Crippen LogP contribution in [0.4, 0.5) is 4.79 Å². The fourth-order valence-corrected chi connectivity index (χ4v) is 5.36. The second-order valence-corrected chi connectivity index (χ2v) is 11.1. The molecule has 1 aromatic rings. The van der Waals surface area contributed by atoms with E-state index in [2.05, 4.69) is 0 Å². The molecule has 0 aliphatic carbocycles. The maximum atomic E-state index is 13.2. The van der Waals surface area contributed by atoms with Gasteiger partial charge in [0.25, 0.3) is 0 Å². The third-order valence-corrected chi connectivity index (χ3v) is 7.12. The summed E-state index contributed by atoms with van der Waals surface area (Å²) in [5.74, 6) is -0.162. The first-order valence-corrected chi connectivity index (χ1v) is 11.9. The lowest BCUT2D eigenvalue weighted by Gasteiger charge is -2.43. The van der Waals surface area contributed by atoms with E-state index >= 15 is 0 Å². The Bertz CT molecular complexity index is 834. The predicted molar refractivity (Wildman–Crippen MR) is 110 cm³/mol. The Kier molecular flexibility index (Phi) is 6.22. The Hall–Kier alpha value is -2.09. The number of benzene rings is 1. The average molecular weight is 423 g/mol. The van der Waals surface area contributed by atoms with E-state index in [0.29, 0.717) is 32.5 Å². The van der Waals surface area contributed by atoms with Gasteiger partial charge in [0.1, 0.15) is 15.4 Å². The molecule has 3 rings (SSSR count). The molecule has 2 saturated heterocycles. The second kappa shape index (κ2) is 8.34. The van der Waals surface area contributed by atoms with Crippen molar-refractivity contribution in [2.45, 2.75) is 45.3 Å². The molecule has 0 aromatic heterocycles. The van der Waals surface area contributed by atoms with Crippen LogP contribution < -0.4 is 0 Å². The van der Waals surface area contributed by atoms with Crippen LogP contribution in [0.2, 0.25) is 0 Å². The number of amides is 2. The summed E-state index contributed by atoms with van der Waals surface area (Å²) >= 11 is 0. The number of hydrogen-bond acceptors (Lipinski definition) is 5. The fraction of sp³-hybridized carbons (Fsp3) is 0.619. The molecule has 1 unspecified atom stereocenters. The van der Waals surface area contributed by atoms with Gasteiger partial charge < -0.3 is 14.5 Å². The average Bonchev–Trinajstić information content (AvgIpc) is 2.66. The Morgan fingerprint density at radius 2 is 1.66 bits per heavy atom. The summed E-state index contributed by atoms with van der Waals surface area (Å²) in [4.78, 5) is 29.3. The lowest BCUT2D eigenvalue weighted by atomic mass is 9.96. The summed E-state index contributed by atoms with van der Waals surface area (Å²) < 4.78 is 29.0. The van der Waals surface area contributed by atoms with Gasteiger partial charge in [-0.05, 0) is 39.2 Å². The quantitative estimate of drug-likeness (QED) is 0.732. The minimum absolute atomic E-state index is 0.0161. The summed E-state index contributed by atoms with van der Waals surface area (Å²) in [5.41, 5.74) is 0.373. The maximum Gasteiger partial charge on any atom is 0.410 e. The molecule has 1 aromatic carbocycles. The van der Waals surface area contributed by atoms with E-state index in [1.165, 1.54) is 0 Å². The van der Waals surface area contributed by atoms with E-state index in [1.807, 2.05) is 56.0 Å². The van der Waals surface area contributed by atoms with Crippen LogP contribution in [0.15, 0.2) is 30.3 Å². The summed E-state index contributed by atoms with van der Waals surface area (Å²) in [6, 6.07) is 9.37. The molecule has 160 valence electrons. The Labute approximate surface area is 172 Å². The van der Waals surface area contributed by atoms with Crippen molar-refractivity contribution in [3.05, 3.63) is 35.9 Å². The van der Waals surface area contributed by atoms with Gasteiger partial charge in [0, 0.05) is 25.6 Å². The van der Waals surface area contributed by atoms with Gasteiger partial charge in [0.15, 0.2) is 0 Å². The van der Waals surface area contributed by atoms with Crippen LogP contribution in [0.5, 0.6) is 0 Å². The number of nitrogens with zero attached hydrogens (tertiary/aromatic N) is 2. The highest BCUT2D eigenvalue weighted by Crippen LogP contribution is 2.30. The van der Waals surface area contributed by atoms with Crippen LogP contribution in [-0.4, -0.2) is 67.0 Å². The molecule has 2 heterocycles. The first-order chi connectivity index (χ1) is 13.6. The molecule has 0 spiro atoms. The molecule has 0 N–H and O–H groups in total. The Morgan fingerprint density at radius 3 is 2.24 bits per heavy atom. The first-order valence-electron chi connectivity index (χ1n) is 10.1. The van der Waals surface area contributed by atoms with E-state index in [0.717, 1.165) is 5.56 Å². The molecule has 2 amide bonds. The number of rotatable bonds is 2. The molecule has 0 radical (unpaired) electrons. The number of sulfone groups is 1. The monoisotopic (exact) mass is 422 g/mol. The van der Waals surface area contributed by atoms with Crippen molar-refractivity contribution >= 4 is 21.8 Å². The molecule has 0 saturated carbocycles. The van der Waals surface area contributed by atoms with E-state index in [-0.39, 0.29) is 35.5 Å². The van der Waals surface area contributed by atoms with Gasteiger partial charge in [0.2, 0.25) is 5.91 Å². The van der Waals surface area contributed by atoms with Crippen molar-refractivity contribution in [2.24, 2.45) is 5.92 Å². The molecule has 1 atom stereocenters. The Balaban J connectivity index is 1.78. The van der Waals surface area contributed by atoms with E-state index in [9.17, 15) is 18.0 Å². The number of carbonyl (C=O) groups excluding carboxylic acids is 2. The zero-order valence-electron chi connectivity index (χ0n) is 17.3. The highest BCUT2D eigenvalue weighted by molar-refractivity contribution is 7.91. The van der Waals surface area contributed by atoms with Crippen LogP contribution in [0.3, 0.4) is 0 Å². The summed E-state index contributed by atoms with van der Waals surface area (Å²) in [7, 11) is -3.02. The zero-order chi connectivity index (χ0) is 21.2. The largest absolute Gasteiger partial charge is 0.444 e. The summed E-state index contributed by atoms with van der Waals surface area (Å²) in [5, 5.41) is 0. The van der Waals surface area contributed by atoms with E-state index < -0.39 is 15.4 Å². The van der Waals surface area contributed by atoms with Crippen LogP contribution in [0.1, 0.15) is 45.2 Å². The van der Waals surface area contributed by atoms with Gasteiger partial charge in [-0.25, -0.2) is 13.2 Å². The van der Waals surface area contributed by atoms with Crippen molar-refractivity contribution < 1.29 is 22.7 Å². The van der Waals surface area contributed by atoms with Crippen molar-refractivity contribution in [3.8, 4) is 0 Å². The molecular weight excluding hydrogens is 392 g/mol. The van der Waals surface area contributed by atoms with Gasteiger partial charge in [-0.2, -0.15) is 0 Å². The van der Waals surface area contributed by atoms with Crippen molar-refractivity contribution in [1.82, 2.24) is 9.80 Å². The topological polar surface area (TPSA) is 84.0 Å². The second-order valence-electron chi connectivity index (χ2n) is 8.81. The van der Waals surface area contributed by atoms with Crippen molar-refractivity contribution in [3.63, 3.8) is 0 Å². The molecule has 2 fully saturated rings. The van der Waals surface area contributed by atoms with Crippen LogP contribution in [0.25, 0.3) is 0 Å². The molecule has 0 bridgehead atoms. The van der Waals surface area contributed by atoms with E-state index in [1.54, 1.807) is 4.90 Å². The van der Waals surface area contributed by atoms with Gasteiger partial charge in [-0.1, -0.05) is 30.3 Å². The van der Waals surface area contributed by atoms with Crippen LogP contribution in [0, 0.1) is 5.92 Å². The number of hydrogen-bond donors (Lipinski definition) is 0. The first kappa shape index (κ1) is 21.6. The third-order valence-electron chi connectivity index (χ3n) is 5.40. The van der Waals surface area contributed by atoms with Crippen molar-refractivity contribution in [2.75, 3.05) is 31.1 Å². The van der Waals surface area contributed by atoms with Crippen molar-refractivity contribution in [1.29, 1.82) is 0 Å². The normalized spacial score (nSPS) is 22.9. The van der Waals surface area contributed by atoms with Gasteiger partial charge in [0.05, 0.1) is 17.5 Å².